The molecule has 1 N–H and O–H groups in total. The summed E-state index contributed by atoms with van der Waals surface area (Å²) in [6, 6.07) is 1.17. The third-order valence-electron chi connectivity index (χ3n) is 3.90. The van der Waals surface area contributed by atoms with E-state index in [9.17, 15) is 0 Å². The number of hydrogen-bond donors (Lipinski definition) is 1. The molecule has 2 aliphatic heterocycles. The molecule has 0 unspecified atom stereocenters. The van der Waals surface area contributed by atoms with Crippen molar-refractivity contribution in [2.45, 2.75) is 52.1 Å². The number of amidine groups is 1. The highest BCUT2D eigenvalue weighted by atomic mass is 32.2. The van der Waals surface area contributed by atoms with E-state index in [0.717, 1.165) is 5.75 Å². The first kappa shape index (κ1) is 14.2. The largest absolute Gasteiger partial charge is 0.362 e. The number of rotatable bonds is 4. The van der Waals surface area contributed by atoms with E-state index in [1.807, 2.05) is 11.8 Å². The molecule has 2 heterocycles. The first-order valence-corrected chi connectivity index (χ1v) is 8.37. The first-order chi connectivity index (χ1) is 8.69. The van der Waals surface area contributed by atoms with Gasteiger partial charge in [-0.1, -0.05) is 32.5 Å². The van der Waals surface area contributed by atoms with E-state index in [1.165, 1.54) is 44.1 Å². The molecule has 3 nitrogen and oxygen atoms in total. The van der Waals surface area contributed by atoms with Crippen LogP contribution >= 0.6 is 11.8 Å². The van der Waals surface area contributed by atoms with E-state index in [4.69, 9.17) is 4.99 Å². The molecule has 0 amide bonds. The molecule has 2 rings (SSSR count). The summed E-state index contributed by atoms with van der Waals surface area (Å²) in [5.74, 6) is 1.83. The second-order valence-corrected chi connectivity index (χ2v) is 6.83. The average molecular weight is 269 g/mol. The number of hydrogen-bond acceptors (Lipinski definition) is 4. The van der Waals surface area contributed by atoms with Gasteiger partial charge in [-0.05, 0) is 31.7 Å². The van der Waals surface area contributed by atoms with Gasteiger partial charge in [0.2, 0.25) is 0 Å². The molecule has 1 saturated heterocycles. The van der Waals surface area contributed by atoms with Crippen LogP contribution in [0.25, 0.3) is 0 Å². The summed E-state index contributed by atoms with van der Waals surface area (Å²) in [4.78, 5) is 7.37. The number of likely N-dealkylation sites (tertiary alicyclic amines) is 1. The molecule has 0 aliphatic carbocycles. The lowest BCUT2D eigenvalue weighted by atomic mass is 10.1. The van der Waals surface area contributed by atoms with Crippen LogP contribution in [0.5, 0.6) is 0 Å². The van der Waals surface area contributed by atoms with Crippen molar-refractivity contribution in [3.8, 4) is 0 Å². The number of nitrogens with zero attached hydrogens (tertiary/aromatic N) is 2. The van der Waals surface area contributed by atoms with Crippen LogP contribution < -0.4 is 5.32 Å². The highest BCUT2D eigenvalue weighted by Crippen LogP contribution is 2.23. The Balaban J connectivity index is 1.73. The van der Waals surface area contributed by atoms with Gasteiger partial charge < -0.3 is 10.2 Å². The number of thioether (sulfide) groups is 1. The van der Waals surface area contributed by atoms with Crippen LogP contribution in [-0.4, -0.2) is 47.5 Å². The van der Waals surface area contributed by atoms with Gasteiger partial charge in [-0.2, -0.15) is 0 Å². The fraction of sp³-hybridized carbons (Fsp3) is 0.929. The van der Waals surface area contributed by atoms with Gasteiger partial charge in [-0.15, -0.1) is 0 Å². The van der Waals surface area contributed by atoms with Crippen LogP contribution in [0, 0.1) is 5.92 Å². The summed E-state index contributed by atoms with van der Waals surface area (Å²) in [5, 5.41) is 4.85. The van der Waals surface area contributed by atoms with Crippen LogP contribution in [0.3, 0.4) is 0 Å². The van der Waals surface area contributed by atoms with E-state index in [0.29, 0.717) is 18.0 Å². The van der Waals surface area contributed by atoms with Crippen molar-refractivity contribution >= 4 is 16.9 Å². The Labute approximate surface area is 116 Å². The summed E-state index contributed by atoms with van der Waals surface area (Å²) in [7, 11) is 0. The summed E-state index contributed by atoms with van der Waals surface area (Å²) in [6.45, 7) is 10.5. The summed E-state index contributed by atoms with van der Waals surface area (Å²) < 4.78 is 0. The minimum absolute atomic E-state index is 0.526. The SMILES string of the molecule is CCCN1CCC(NC2=N[C@@H](C(C)C)CS2)CC1. The molecule has 0 aromatic rings. The predicted octanol–water partition coefficient (Wildman–Crippen LogP) is 2.58. The molecule has 1 atom stereocenters. The molecule has 0 spiro atoms. The van der Waals surface area contributed by atoms with Crippen molar-refractivity contribution in [2.75, 3.05) is 25.4 Å². The normalized spacial score (nSPS) is 26.7. The van der Waals surface area contributed by atoms with Crippen LogP contribution in [0.2, 0.25) is 0 Å². The lowest BCUT2D eigenvalue weighted by Crippen LogP contribution is -2.43. The van der Waals surface area contributed by atoms with E-state index in [2.05, 4.69) is 31.0 Å². The zero-order valence-corrected chi connectivity index (χ0v) is 12.8. The highest BCUT2D eigenvalue weighted by Gasteiger charge is 2.24. The molecule has 2 aliphatic rings. The number of aliphatic imine (C=N–C) groups is 1. The molecule has 1 fully saturated rings. The van der Waals surface area contributed by atoms with Crippen molar-refractivity contribution in [1.29, 1.82) is 0 Å². The number of piperidine rings is 1. The lowest BCUT2D eigenvalue weighted by Gasteiger charge is -2.32. The molecular weight excluding hydrogens is 242 g/mol. The first-order valence-electron chi connectivity index (χ1n) is 7.38. The Morgan fingerprint density at radius 2 is 2.11 bits per heavy atom. The highest BCUT2D eigenvalue weighted by molar-refractivity contribution is 8.14. The van der Waals surface area contributed by atoms with Crippen molar-refractivity contribution in [3.05, 3.63) is 0 Å². The molecule has 18 heavy (non-hydrogen) atoms. The molecule has 0 saturated carbocycles. The van der Waals surface area contributed by atoms with Crippen molar-refractivity contribution < 1.29 is 0 Å². The Hall–Kier alpha value is -0.220. The predicted molar refractivity (Wildman–Crippen MR) is 81.4 cm³/mol. The minimum Gasteiger partial charge on any atom is -0.362 e. The quantitative estimate of drug-likeness (QED) is 0.850. The second-order valence-electron chi connectivity index (χ2n) is 5.82. The van der Waals surface area contributed by atoms with Gasteiger partial charge in [-0.25, -0.2) is 0 Å². The standard InChI is InChI=1S/C14H27N3S/c1-4-7-17-8-5-12(6-9-17)15-14-16-13(10-18-14)11(2)3/h11-13H,4-10H2,1-3H3,(H,15,16)/t13-/m1/s1. The summed E-state index contributed by atoms with van der Waals surface area (Å²) in [5.41, 5.74) is 0. The van der Waals surface area contributed by atoms with Crippen LogP contribution in [-0.2, 0) is 0 Å². The van der Waals surface area contributed by atoms with E-state index >= 15 is 0 Å². The minimum atomic E-state index is 0.526. The number of nitrogens with one attached hydrogen (secondary N) is 1. The molecule has 0 aromatic heterocycles. The zero-order chi connectivity index (χ0) is 13.0. The fourth-order valence-electron chi connectivity index (χ4n) is 2.60. The topological polar surface area (TPSA) is 27.6 Å². The van der Waals surface area contributed by atoms with Gasteiger partial charge in [-0.3, -0.25) is 4.99 Å². The smallest absolute Gasteiger partial charge is 0.157 e. The maximum Gasteiger partial charge on any atom is 0.157 e. The van der Waals surface area contributed by atoms with Gasteiger partial charge in [0.15, 0.2) is 5.17 Å². The average Bonchev–Trinajstić information content (AvgIpc) is 2.81. The Bertz CT molecular complexity index is 283. The van der Waals surface area contributed by atoms with Crippen LogP contribution in [0.1, 0.15) is 40.0 Å². The van der Waals surface area contributed by atoms with Gasteiger partial charge in [0.1, 0.15) is 0 Å². The molecule has 4 heteroatoms. The molecular formula is C14H27N3S. The van der Waals surface area contributed by atoms with Gasteiger partial charge in [0, 0.05) is 24.9 Å². The van der Waals surface area contributed by atoms with E-state index in [1.54, 1.807) is 0 Å². The summed E-state index contributed by atoms with van der Waals surface area (Å²) >= 11 is 1.91. The molecule has 0 radical (unpaired) electrons. The molecule has 0 bridgehead atoms. The second kappa shape index (κ2) is 6.80. The molecule has 104 valence electrons. The Morgan fingerprint density at radius 1 is 1.39 bits per heavy atom. The van der Waals surface area contributed by atoms with Crippen molar-refractivity contribution in [2.24, 2.45) is 10.9 Å². The Morgan fingerprint density at radius 3 is 2.67 bits per heavy atom. The third kappa shape index (κ3) is 3.89. The fourth-order valence-corrected chi connectivity index (χ4v) is 3.85. The zero-order valence-electron chi connectivity index (χ0n) is 12.0. The van der Waals surface area contributed by atoms with Crippen LogP contribution in [0.15, 0.2) is 4.99 Å². The van der Waals surface area contributed by atoms with Crippen molar-refractivity contribution in [1.82, 2.24) is 10.2 Å². The van der Waals surface area contributed by atoms with Gasteiger partial charge in [0.05, 0.1) is 6.04 Å². The molecule has 0 aromatic carbocycles. The maximum atomic E-state index is 4.79. The van der Waals surface area contributed by atoms with Crippen molar-refractivity contribution in [3.63, 3.8) is 0 Å². The lowest BCUT2D eigenvalue weighted by molar-refractivity contribution is 0.207. The third-order valence-corrected chi connectivity index (χ3v) is 4.90. The van der Waals surface area contributed by atoms with Crippen LogP contribution in [0.4, 0.5) is 0 Å². The van der Waals surface area contributed by atoms with Gasteiger partial charge >= 0.3 is 0 Å². The van der Waals surface area contributed by atoms with E-state index < -0.39 is 0 Å². The summed E-state index contributed by atoms with van der Waals surface area (Å²) in [6.07, 6.45) is 3.81. The van der Waals surface area contributed by atoms with E-state index in [-0.39, 0.29) is 0 Å². The van der Waals surface area contributed by atoms with Gasteiger partial charge in [0.25, 0.3) is 0 Å². The maximum absolute atomic E-state index is 4.79. The monoisotopic (exact) mass is 269 g/mol. The Kier molecular flexibility index (Phi) is 5.37.